The predicted octanol–water partition coefficient (Wildman–Crippen LogP) is 10.1. The number of aromatic nitrogens is 4. The monoisotopic (exact) mass is 848 g/mol. The van der Waals surface area contributed by atoms with E-state index in [1.54, 1.807) is 72.8 Å². The molecule has 8 bridgehead atoms. The van der Waals surface area contributed by atoms with E-state index in [1.165, 1.54) is 24.3 Å². The smallest absolute Gasteiger partial charge is 0.335 e. The van der Waals surface area contributed by atoms with Gasteiger partial charge in [0.1, 0.15) is 0 Å². The van der Waals surface area contributed by atoms with Gasteiger partial charge >= 0.3 is 23.9 Å². The summed E-state index contributed by atoms with van der Waals surface area (Å²) in [6, 6.07) is 33.3. The van der Waals surface area contributed by atoms with E-state index in [2.05, 4.69) is 9.97 Å². The first kappa shape index (κ1) is 39.7. The quantitative estimate of drug-likeness (QED) is 0.0798. The van der Waals surface area contributed by atoms with Gasteiger partial charge in [-0.25, -0.2) is 29.1 Å². The van der Waals surface area contributed by atoms with Gasteiger partial charge in [-0.1, -0.05) is 48.5 Å². The average molecular weight is 849 g/mol. The van der Waals surface area contributed by atoms with Crippen LogP contribution in [0, 0.1) is 0 Å². The van der Waals surface area contributed by atoms with Gasteiger partial charge in [-0.05, 0) is 119 Å². The molecule has 12 nitrogen and oxygen atoms in total. The molecular weight excluding hydrogens is 819 g/mol. The van der Waals surface area contributed by atoms with Gasteiger partial charge in [0, 0.05) is 60.8 Å². The van der Waals surface area contributed by atoms with Crippen LogP contribution in [0.4, 0.5) is 0 Å². The third-order valence-corrected chi connectivity index (χ3v) is 10.3. The fraction of sp³-hybridized carbons (Fsp3) is 0. The Morgan fingerprint density at radius 2 is 0.590 bits per heavy atom. The summed E-state index contributed by atoms with van der Waals surface area (Å²) in [5.74, 6) is -4.43. The van der Waals surface area contributed by atoms with E-state index in [-0.39, 0.29) is 38.7 Å². The van der Waals surface area contributed by atoms with Gasteiger partial charge in [0.15, 0.2) is 0 Å². The van der Waals surface area contributed by atoms with Crippen LogP contribution < -0.4 is 0 Å². The summed E-state index contributed by atoms with van der Waals surface area (Å²) in [6.07, 6.45) is 7.23. The molecule has 6 N–H and O–H groups in total. The first-order valence-corrected chi connectivity index (χ1v) is 18.5. The summed E-state index contributed by atoms with van der Waals surface area (Å²) in [5, 5.41) is 39.9. The third-order valence-electron chi connectivity index (χ3n) is 10.3. The van der Waals surface area contributed by atoms with Crippen molar-refractivity contribution in [2.24, 2.45) is 0 Å². The molecule has 0 atom stereocenters. The molecule has 0 radical (unpaired) electrons. The molecule has 300 valence electrons. The molecule has 3 aromatic heterocycles. The molecule has 61 heavy (non-hydrogen) atoms. The van der Waals surface area contributed by atoms with E-state index >= 15 is 0 Å². The standard InChI is InChI=1S/C48H30N4O8.Ni/c53-45(54)29-9-1-5-25(21-29)41-33-13-15-35(49-33)42(26-6-2-10-30(22-26)46(55)56)37-17-19-39(51-37)44(28-8-4-12-32(24-28)48(59)60)40-20-18-38(52-40)43(36-16-14-34(41)50-36)27-7-3-11-31(23-27)47(57)58;/h1-24,49,52H,(H,53,54)(H,55,56)(H,57,58)(H,59,60);. The second-order valence-electron chi connectivity index (χ2n) is 14.0. The Balaban J connectivity index is 0.00000514. The van der Waals surface area contributed by atoms with Crippen LogP contribution in [0.25, 0.3) is 90.9 Å². The van der Waals surface area contributed by atoms with Crippen molar-refractivity contribution < 1.29 is 56.1 Å². The number of benzene rings is 4. The van der Waals surface area contributed by atoms with Gasteiger partial charge in [0.2, 0.25) is 0 Å². The fourth-order valence-electron chi connectivity index (χ4n) is 7.65. The summed E-state index contributed by atoms with van der Waals surface area (Å²) >= 11 is 0. The first-order valence-electron chi connectivity index (χ1n) is 18.5. The van der Waals surface area contributed by atoms with Crippen LogP contribution in [0.15, 0.2) is 121 Å². The van der Waals surface area contributed by atoms with Crippen molar-refractivity contribution in [2.45, 2.75) is 0 Å². The number of nitrogens with zero attached hydrogens (tertiary/aromatic N) is 2. The minimum Gasteiger partial charge on any atom is -0.478 e. The molecule has 7 aromatic rings. The van der Waals surface area contributed by atoms with Gasteiger partial charge in [-0.3, -0.25) is 0 Å². The van der Waals surface area contributed by atoms with Crippen LogP contribution in [0.3, 0.4) is 0 Å². The molecule has 4 aromatic carbocycles. The zero-order valence-electron chi connectivity index (χ0n) is 31.5. The Hall–Kier alpha value is -8.15. The van der Waals surface area contributed by atoms with Crippen molar-refractivity contribution in [3.8, 4) is 44.5 Å². The van der Waals surface area contributed by atoms with Crippen LogP contribution in [0.1, 0.15) is 64.2 Å². The van der Waals surface area contributed by atoms with Crippen LogP contribution in [-0.4, -0.2) is 64.2 Å². The molecule has 0 saturated heterocycles. The van der Waals surface area contributed by atoms with Crippen molar-refractivity contribution in [1.29, 1.82) is 0 Å². The normalized spacial score (nSPS) is 11.5. The minimum absolute atomic E-state index is 0. The summed E-state index contributed by atoms with van der Waals surface area (Å²) in [6.45, 7) is 0. The number of carbonyl (C=O) groups is 4. The maximum atomic E-state index is 12.2. The summed E-state index contributed by atoms with van der Waals surface area (Å²) in [7, 11) is 0. The van der Waals surface area contributed by atoms with E-state index < -0.39 is 23.9 Å². The minimum atomic E-state index is -1.11. The number of carboxylic acid groups (broad SMARTS) is 4. The Bertz CT molecular complexity index is 2830. The number of H-pyrrole nitrogens is 2. The summed E-state index contributed by atoms with van der Waals surface area (Å²) < 4.78 is 0. The molecule has 0 aliphatic carbocycles. The number of aromatic amines is 2. The summed E-state index contributed by atoms with van der Waals surface area (Å²) in [5.41, 5.74) is 8.92. The average Bonchev–Trinajstić information content (AvgIpc) is 4.09. The van der Waals surface area contributed by atoms with Gasteiger partial charge in [-0.2, -0.15) is 0 Å². The number of hydrogen-bond acceptors (Lipinski definition) is 6. The second kappa shape index (κ2) is 15.9. The van der Waals surface area contributed by atoms with E-state index in [4.69, 9.17) is 9.97 Å². The molecule has 13 heteroatoms. The maximum absolute atomic E-state index is 12.2. The zero-order valence-corrected chi connectivity index (χ0v) is 32.5. The fourth-order valence-corrected chi connectivity index (χ4v) is 7.65. The first-order chi connectivity index (χ1) is 29.0. The maximum Gasteiger partial charge on any atom is 0.335 e. The molecule has 0 fully saturated rings. The van der Waals surface area contributed by atoms with Gasteiger partial charge < -0.3 is 30.4 Å². The van der Waals surface area contributed by atoms with Crippen molar-refractivity contribution in [2.75, 3.05) is 0 Å². The molecule has 9 rings (SSSR count). The number of hydrogen-bond donors (Lipinski definition) is 6. The predicted molar refractivity (Wildman–Crippen MR) is 228 cm³/mol. The zero-order chi connectivity index (χ0) is 41.7. The van der Waals surface area contributed by atoms with Crippen LogP contribution in [0.2, 0.25) is 0 Å². The van der Waals surface area contributed by atoms with Crippen LogP contribution in [-0.2, 0) is 16.5 Å². The summed E-state index contributed by atoms with van der Waals surface area (Å²) in [4.78, 5) is 66.1. The SMILES string of the molecule is O=C(O)c1cccc(-c2c3nc(c(-c4cccc(C(=O)O)c4)c4ccc([nH]4)c(-c4cccc(C(=O)O)c4)c4nc(c(-c5cccc(C(=O)O)c5)c5ccc2[nH]5)C=C4)C=C3)c1.[Ni]. The van der Waals surface area contributed by atoms with E-state index in [9.17, 15) is 39.6 Å². The molecule has 0 spiro atoms. The van der Waals surface area contributed by atoms with E-state index in [0.717, 1.165) is 0 Å². The molecule has 2 aliphatic heterocycles. The largest absolute Gasteiger partial charge is 0.478 e. The topological polar surface area (TPSA) is 207 Å². The molecule has 2 aliphatic rings. The van der Waals surface area contributed by atoms with Crippen molar-refractivity contribution in [3.63, 3.8) is 0 Å². The Kier molecular flexibility index (Phi) is 10.3. The number of rotatable bonds is 8. The Labute approximate surface area is 355 Å². The van der Waals surface area contributed by atoms with E-state index in [0.29, 0.717) is 89.4 Å². The van der Waals surface area contributed by atoms with Gasteiger partial charge in [0.05, 0.1) is 45.0 Å². The van der Waals surface area contributed by atoms with Crippen molar-refractivity contribution in [3.05, 3.63) is 166 Å². The van der Waals surface area contributed by atoms with E-state index in [1.807, 2.05) is 48.6 Å². The third kappa shape index (κ3) is 7.41. The molecule has 0 unspecified atom stereocenters. The number of nitrogens with one attached hydrogen (secondary N) is 2. The molecule has 0 amide bonds. The number of aromatic carboxylic acids is 4. The number of carboxylic acids is 4. The Morgan fingerprint density at radius 3 is 0.803 bits per heavy atom. The number of fused-ring (bicyclic) bond motifs is 8. The van der Waals surface area contributed by atoms with Crippen LogP contribution in [0.5, 0.6) is 0 Å². The molecule has 0 saturated carbocycles. The Morgan fingerprint density at radius 1 is 0.361 bits per heavy atom. The molecular formula is C48H30N4NiO8. The van der Waals surface area contributed by atoms with Crippen LogP contribution >= 0.6 is 0 Å². The second-order valence-corrected chi connectivity index (χ2v) is 14.0. The van der Waals surface area contributed by atoms with Crippen molar-refractivity contribution in [1.82, 2.24) is 19.9 Å². The van der Waals surface area contributed by atoms with Gasteiger partial charge in [-0.15, -0.1) is 0 Å². The van der Waals surface area contributed by atoms with Crippen molar-refractivity contribution >= 4 is 70.2 Å². The molecule has 5 heterocycles. The van der Waals surface area contributed by atoms with Gasteiger partial charge in [0.25, 0.3) is 0 Å².